The van der Waals surface area contributed by atoms with Crippen molar-refractivity contribution in [1.82, 2.24) is 9.97 Å². The Kier molecular flexibility index (Phi) is 6.18. The molecular formula is C20H18BrF3N4. The minimum Gasteiger partial charge on any atom is -0.339 e. The average molecular weight is 451 g/mol. The SMILES string of the molecule is CCCc1ccc(Nc2ncc(C(F)(F)F)c(Nc3ccccc3Br)n2)cc1. The second-order valence-electron chi connectivity index (χ2n) is 6.13. The normalized spacial score (nSPS) is 11.3. The van der Waals surface area contributed by atoms with Crippen molar-refractivity contribution in [3.05, 3.63) is 70.3 Å². The van der Waals surface area contributed by atoms with Gasteiger partial charge in [-0.25, -0.2) is 4.98 Å². The highest BCUT2D eigenvalue weighted by Gasteiger charge is 2.35. The van der Waals surface area contributed by atoms with Gasteiger partial charge in [-0.3, -0.25) is 0 Å². The summed E-state index contributed by atoms with van der Waals surface area (Å²) in [6.45, 7) is 2.10. The van der Waals surface area contributed by atoms with E-state index in [0.29, 0.717) is 15.8 Å². The summed E-state index contributed by atoms with van der Waals surface area (Å²) in [7, 11) is 0. The van der Waals surface area contributed by atoms with E-state index in [2.05, 4.69) is 43.5 Å². The van der Waals surface area contributed by atoms with Crippen LogP contribution in [0.25, 0.3) is 0 Å². The van der Waals surface area contributed by atoms with Gasteiger partial charge in [-0.2, -0.15) is 18.2 Å². The Balaban J connectivity index is 1.90. The molecule has 0 atom stereocenters. The fourth-order valence-electron chi connectivity index (χ4n) is 2.61. The number of aromatic nitrogens is 2. The molecule has 0 aliphatic rings. The average Bonchev–Trinajstić information content (AvgIpc) is 2.65. The van der Waals surface area contributed by atoms with Crippen molar-refractivity contribution in [2.24, 2.45) is 0 Å². The molecule has 28 heavy (non-hydrogen) atoms. The fraction of sp³-hybridized carbons (Fsp3) is 0.200. The molecule has 2 N–H and O–H groups in total. The van der Waals surface area contributed by atoms with Crippen LogP contribution in [0.3, 0.4) is 0 Å². The zero-order valence-electron chi connectivity index (χ0n) is 15.0. The van der Waals surface area contributed by atoms with Gasteiger partial charge < -0.3 is 10.6 Å². The number of alkyl halides is 3. The Bertz CT molecular complexity index is 943. The lowest BCUT2D eigenvalue weighted by atomic mass is 10.1. The van der Waals surface area contributed by atoms with E-state index in [4.69, 9.17) is 0 Å². The molecule has 0 radical (unpaired) electrons. The minimum atomic E-state index is -4.58. The lowest BCUT2D eigenvalue weighted by Gasteiger charge is -2.15. The quantitative estimate of drug-likeness (QED) is 0.438. The first-order chi connectivity index (χ1) is 13.4. The number of hydrogen-bond acceptors (Lipinski definition) is 4. The van der Waals surface area contributed by atoms with E-state index in [-0.39, 0.29) is 11.8 Å². The largest absolute Gasteiger partial charge is 0.421 e. The second kappa shape index (κ2) is 8.60. The van der Waals surface area contributed by atoms with Crippen LogP contribution < -0.4 is 10.6 Å². The Hall–Kier alpha value is -2.61. The third-order valence-corrected chi connectivity index (χ3v) is 4.66. The van der Waals surface area contributed by atoms with Gasteiger partial charge in [0.15, 0.2) is 0 Å². The summed E-state index contributed by atoms with van der Waals surface area (Å²) < 4.78 is 40.8. The zero-order valence-corrected chi connectivity index (χ0v) is 16.6. The maximum Gasteiger partial charge on any atom is 0.421 e. The van der Waals surface area contributed by atoms with E-state index in [9.17, 15) is 13.2 Å². The molecule has 0 spiro atoms. The van der Waals surface area contributed by atoms with Crippen LogP contribution in [-0.4, -0.2) is 9.97 Å². The first-order valence-corrected chi connectivity index (χ1v) is 9.48. The topological polar surface area (TPSA) is 49.8 Å². The Morgan fingerprint density at radius 2 is 1.71 bits per heavy atom. The zero-order chi connectivity index (χ0) is 20.1. The molecule has 1 heterocycles. The molecule has 2 aromatic carbocycles. The lowest BCUT2D eigenvalue weighted by Crippen LogP contribution is -2.12. The van der Waals surface area contributed by atoms with Crippen molar-refractivity contribution in [2.45, 2.75) is 25.9 Å². The van der Waals surface area contributed by atoms with Gasteiger partial charge in [0, 0.05) is 16.4 Å². The standard InChI is InChI=1S/C20H18BrF3N4/c1-2-5-13-8-10-14(11-9-13)26-19-25-12-15(20(22,23)24)18(28-19)27-17-7-4-3-6-16(17)21/h3-4,6-12H,2,5H2,1H3,(H2,25,26,27,28). The fourth-order valence-corrected chi connectivity index (χ4v) is 2.99. The third kappa shape index (κ3) is 5.01. The van der Waals surface area contributed by atoms with E-state index in [1.165, 1.54) is 5.56 Å². The molecule has 0 saturated heterocycles. The van der Waals surface area contributed by atoms with E-state index < -0.39 is 11.7 Å². The third-order valence-electron chi connectivity index (χ3n) is 3.97. The Labute approximate surface area is 169 Å². The van der Waals surface area contributed by atoms with Gasteiger partial charge in [0.25, 0.3) is 0 Å². The van der Waals surface area contributed by atoms with Gasteiger partial charge >= 0.3 is 6.18 Å². The van der Waals surface area contributed by atoms with Crippen molar-refractivity contribution in [1.29, 1.82) is 0 Å². The van der Waals surface area contributed by atoms with Crippen LogP contribution in [0, 0.1) is 0 Å². The molecule has 0 amide bonds. The molecule has 0 bridgehead atoms. The summed E-state index contributed by atoms with van der Waals surface area (Å²) in [6.07, 6.45) is -1.79. The molecule has 0 unspecified atom stereocenters. The van der Waals surface area contributed by atoms with Gasteiger partial charge in [0.1, 0.15) is 11.4 Å². The number of anilines is 4. The summed E-state index contributed by atoms with van der Waals surface area (Å²) in [6, 6.07) is 14.5. The number of nitrogens with one attached hydrogen (secondary N) is 2. The molecule has 3 aromatic rings. The summed E-state index contributed by atoms with van der Waals surface area (Å²) in [4.78, 5) is 7.89. The highest BCUT2D eigenvalue weighted by Crippen LogP contribution is 2.36. The van der Waals surface area contributed by atoms with E-state index >= 15 is 0 Å². The van der Waals surface area contributed by atoms with Crippen LogP contribution in [-0.2, 0) is 12.6 Å². The van der Waals surface area contributed by atoms with Crippen LogP contribution in [0.4, 0.5) is 36.3 Å². The molecule has 0 aliphatic carbocycles. The highest BCUT2D eigenvalue weighted by molar-refractivity contribution is 9.10. The first-order valence-electron chi connectivity index (χ1n) is 8.68. The second-order valence-corrected chi connectivity index (χ2v) is 6.98. The van der Waals surface area contributed by atoms with Crippen LogP contribution in [0.15, 0.2) is 59.2 Å². The first kappa shape index (κ1) is 20.1. The van der Waals surface area contributed by atoms with Gasteiger partial charge in [0.05, 0.1) is 5.69 Å². The van der Waals surface area contributed by atoms with Crippen molar-refractivity contribution >= 4 is 39.1 Å². The molecule has 0 aliphatic heterocycles. The van der Waals surface area contributed by atoms with Crippen LogP contribution in [0.5, 0.6) is 0 Å². The maximum atomic E-state index is 13.4. The van der Waals surface area contributed by atoms with Crippen molar-refractivity contribution in [2.75, 3.05) is 10.6 Å². The van der Waals surface area contributed by atoms with Gasteiger partial charge in [0.2, 0.25) is 5.95 Å². The molecule has 146 valence electrons. The summed E-state index contributed by atoms with van der Waals surface area (Å²) in [5, 5.41) is 5.69. The molecule has 1 aromatic heterocycles. The Morgan fingerprint density at radius 1 is 1.00 bits per heavy atom. The molecular weight excluding hydrogens is 433 g/mol. The number of benzene rings is 2. The van der Waals surface area contributed by atoms with Gasteiger partial charge in [-0.05, 0) is 52.2 Å². The molecule has 0 fully saturated rings. The predicted octanol–water partition coefficient (Wildman–Crippen LogP) is 6.70. The van der Waals surface area contributed by atoms with E-state index in [1.807, 2.05) is 24.3 Å². The maximum absolute atomic E-state index is 13.4. The van der Waals surface area contributed by atoms with E-state index in [1.54, 1.807) is 24.3 Å². The number of hydrogen-bond donors (Lipinski definition) is 2. The predicted molar refractivity (Wildman–Crippen MR) is 108 cm³/mol. The number of aryl methyl sites for hydroxylation is 1. The number of nitrogens with zero attached hydrogens (tertiary/aromatic N) is 2. The molecule has 0 saturated carbocycles. The van der Waals surface area contributed by atoms with Crippen molar-refractivity contribution in [3.63, 3.8) is 0 Å². The minimum absolute atomic E-state index is 0.0748. The van der Waals surface area contributed by atoms with Crippen molar-refractivity contribution in [3.8, 4) is 0 Å². The lowest BCUT2D eigenvalue weighted by molar-refractivity contribution is -0.137. The summed E-state index contributed by atoms with van der Waals surface area (Å²) >= 11 is 3.32. The number of para-hydroxylation sites is 1. The number of halogens is 4. The number of rotatable bonds is 6. The monoisotopic (exact) mass is 450 g/mol. The van der Waals surface area contributed by atoms with Crippen LogP contribution in [0.2, 0.25) is 0 Å². The summed E-state index contributed by atoms with van der Waals surface area (Å²) in [5.74, 6) is -0.245. The van der Waals surface area contributed by atoms with Gasteiger partial charge in [-0.15, -0.1) is 0 Å². The van der Waals surface area contributed by atoms with Crippen molar-refractivity contribution < 1.29 is 13.2 Å². The summed E-state index contributed by atoms with van der Waals surface area (Å²) in [5.41, 5.74) is 1.43. The highest BCUT2D eigenvalue weighted by atomic mass is 79.9. The van der Waals surface area contributed by atoms with Gasteiger partial charge in [-0.1, -0.05) is 37.6 Å². The molecule has 8 heteroatoms. The Morgan fingerprint density at radius 3 is 2.36 bits per heavy atom. The van der Waals surface area contributed by atoms with E-state index in [0.717, 1.165) is 19.0 Å². The van der Waals surface area contributed by atoms with Crippen LogP contribution in [0.1, 0.15) is 24.5 Å². The molecule has 3 rings (SSSR count). The smallest absolute Gasteiger partial charge is 0.339 e. The van der Waals surface area contributed by atoms with Crippen LogP contribution >= 0.6 is 15.9 Å². The molecule has 4 nitrogen and oxygen atoms in total.